The molecule has 4 aromatic rings. The zero-order valence-electron chi connectivity index (χ0n) is 18.0. The molecule has 0 fully saturated rings. The van der Waals surface area contributed by atoms with E-state index >= 15 is 0 Å². The zero-order valence-corrected chi connectivity index (χ0v) is 20.4. The van der Waals surface area contributed by atoms with Gasteiger partial charge < -0.3 is 0 Å². The summed E-state index contributed by atoms with van der Waals surface area (Å²) >= 11 is -0.849. The van der Waals surface area contributed by atoms with Crippen LogP contribution in [0.5, 0.6) is 0 Å². The van der Waals surface area contributed by atoms with Gasteiger partial charge in [-0.25, -0.2) is 0 Å². The Labute approximate surface area is 203 Å². The molecule has 0 bridgehead atoms. The number of nitrogens with one attached hydrogen (secondary N) is 2. The molecular formula is C30H24IrN2. The van der Waals surface area contributed by atoms with E-state index < -0.39 is 17.7 Å². The van der Waals surface area contributed by atoms with E-state index in [1.165, 1.54) is 33.4 Å². The van der Waals surface area contributed by atoms with Gasteiger partial charge >= 0.3 is 204 Å². The van der Waals surface area contributed by atoms with Gasteiger partial charge in [0.15, 0.2) is 0 Å². The van der Waals surface area contributed by atoms with Crippen molar-refractivity contribution in [2.75, 3.05) is 0 Å². The Kier molecular flexibility index (Phi) is 5.02. The molecule has 0 aliphatic carbocycles. The molecule has 2 aliphatic heterocycles. The minimum absolute atomic E-state index is 0.284. The van der Waals surface area contributed by atoms with Crippen LogP contribution < -0.4 is 10.6 Å². The van der Waals surface area contributed by atoms with Crippen molar-refractivity contribution in [3.63, 3.8) is 0 Å². The van der Waals surface area contributed by atoms with Gasteiger partial charge in [-0.1, -0.05) is 0 Å². The summed E-state index contributed by atoms with van der Waals surface area (Å²) in [6.07, 6.45) is 8.67. The Balaban J connectivity index is 1.63. The van der Waals surface area contributed by atoms with E-state index in [0.717, 1.165) is 0 Å². The number of hydrogen-bond donors (Lipinski definition) is 2. The zero-order chi connectivity index (χ0) is 22.1. The quantitative estimate of drug-likeness (QED) is 0.298. The molecule has 2 nitrogen and oxygen atoms in total. The molecule has 0 saturated carbocycles. The van der Waals surface area contributed by atoms with E-state index in [9.17, 15) is 0 Å². The molecule has 0 saturated heterocycles. The fraction of sp³-hybridized carbons (Fsp3) is 0.0667. The molecule has 0 spiro atoms. The van der Waals surface area contributed by atoms with E-state index in [-0.39, 0.29) is 8.11 Å². The van der Waals surface area contributed by atoms with Gasteiger partial charge in [0.05, 0.1) is 0 Å². The van der Waals surface area contributed by atoms with Crippen LogP contribution >= 0.6 is 0 Å². The molecular weight excluding hydrogens is 581 g/mol. The molecule has 0 aromatic heterocycles. The molecule has 3 heteroatoms. The van der Waals surface area contributed by atoms with Gasteiger partial charge in [-0.15, -0.1) is 0 Å². The van der Waals surface area contributed by atoms with Gasteiger partial charge in [-0.05, 0) is 0 Å². The summed E-state index contributed by atoms with van der Waals surface area (Å²) in [7, 11) is 0. The van der Waals surface area contributed by atoms with Crippen LogP contribution in [0.1, 0.15) is 33.4 Å². The number of benzene rings is 4. The van der Waals surface area contributed by atoms with Gasteiger partial charge in [0.2, 0.25) is 0 Å². The number of fused-ring (bicyclic) bond motifs is 2. The Morgan fingerprint density at radius 2 is 0.848 bits per heavy atom. The molecule has 2 heterocycles. The first-order chi connectivity index (χ1) is 16.3. The van der Waals surface area contributed by atoms with E-state index in [4.69, 9.17) is 0 Å². The molecule has 0 amide bonds. The molecule has 0 radical (unpaired) electrons. The van der Waals surface area contributed by atoms with Gasteiger partial charge in [-0.3, -0.25) is 0 Å². The van der Waals surface area contributed by atoms with Crippen molar-refractivity contribution >= 4 is 12.2 Å². The van der Waals surface area contributed by atoms with Crippen LogP contribution in [-0.4, -0.2) is 0 Å². The second-order valence-electron chi connectivity index (χ2n) is 8.20. The predicted octanol–water partition coefficient (Wildman–Crippen LogP) is 6.02. The average molecular weight is 605 g/mol. The first kappa shape index (κ1) is 20.2. The fourth-order valence-corrected chi connectivity index (χ4v) is 10.1. The van der Waals surface area contributed by atoms with Crippen LogP contribution in [0.2, 0.25) is 0 Å². The molecule has 2 N–H and O–H groups in total. The third-order valence-electron chi connectivity index (χ3n) is 6.28. The third kappa shape index (κ3) is 3.28. The second-order valence-corrected chi connectivity index (χ2v) is 12.4. The Morgan fingerprint density at radius 1 is 0.455 bits per heavy atom. The summed E-state index contributed by atoms with van der Waals surface area (Å²) in [6, 6.07) is 39.6. The van der Waals surface area contributed by atoms with Crippen LogP contribution in [0, 0.1) is 0 Å². The molecule has 4 aromatic carbocycles. The van der Waals surface area contributed by atoms with Crippen LogP contribution in [-0.2, 0) is 25.8 Å². The Morgan fingerprint density at radius 3 is 1.30 bits per heavy atom. The maximum atomic E-state index is 3.89. The van der Waals surface area contributed by atoms with Crippen LogP contribution in [0.3, 0.4) is 0 Å². The molecule has 163 valence electrons. The summed E-state index contributed by atoms with van der Waals surface area (Å²) in [4.78, 5) is 0. The van der Waals surface area contributed by atoms with Crippen LogP contribution in [0.4, 0.5) is 0 Å². The SMILES string of the molecule is C1=Cc2ccccc2[C]([Ir][C]2(c3ccccc3)NC=Cc3ccccc32)(c2ccccc2)N1. The maximum absolute atomic E-state index is 3.89. The van der Waals surface area contributed by atoms with Crippen molar-refractivity contribution in [1.29, 1.82) is 0 Å². The Hall–Kier alpha value is -3.39. The molecule has 2 aliphatic rings. The van der Waals surface area contributed by atoms with Gasteiger partial charge in [0, 0.05) is 0 Å². The summed E-state index contributed by atoms with van der Waals surface area (Å²) < 4.78 is -0.568. The van der Waals surface area contributed by atoms with Crippen LogP contribution in [0.25, 0.3) is 12.2 Å². The molecule has 2 atom stereocenters. The monoisotopic (exact) mass is 605 g/mol. The normalized spacial score (nSPS) is 22.7. The van der Waals surface area contributed by atoms with Crippen molar-refractivity contribution in [1.82, 2.24) is 10.6 Å². The molecule has 2 unspecified atom stereocenters. The first-order valence-electron chi connectivity index (χ1n) is 11.1. The van der Waals surface area contributed by atoms with E-state index in [2.05, 4.69) is 144 Å². The van der Waals surface area contributed by atoms with Crippen molar-refractivity contribution in [2.45, 2.75) is 8.11 Å². The van der Waals surface area contributed by atoms with Crippen molar-refractivity contribution in [3.8, 4) is 0 Å². The van der Waals surface area contributed by atoms with E-state index in [1.807, 2.05) is 0 Å². The van der Waals surface area contributed by atoms with Gasteiger partial charge in [0.1, 0.15) is 0 Å². The van der Waals surface area contributed by atoms with Gasteiger partial charge in [-0.2, -0.15) is 0 Å². The van der Waals surface area contributed by atoms with Gasteiger partial charge in [0.25, 0.3) is 0 Å². The van der Waals surface area contributed by atoms with E-state index in [1.54, 1.807) is 0 Å². The van der Waals surface area contributed by atoms with Crippen molar-refractivity contribution in [3.05, 3.63) is 155 Å². The summed E-state index contributed by atoms with van der Waals surface area (Å²) in [6.45, 7) is 0. The second kappa shape index (κ2) is 8.19. The Bertz CT molecular complexity index is 1240. The molecule has 33 heavy (non-hydrogen) atoms. The summed E-state index contributed by atoms with van der Waals surface area (Å²) in [5.41, 5.74) is 7.89. The number of rotatable bonds is 4. The van der Waals surface area contributed by atoms with E-state index in [0.29, 0.717) is 0 Å². The summed E-state index contributed by atoms with van der Waals surface area (Å²) in [5, 5.41) is 7.78. The minimum atomic E-state index is -0.849. The predicted molar refractivity (Wildman–Crippen MR) is 132 cm³/mol. The fourth-order valence-electron chi connectivity index (χ4n) is 4.75. The summed E-state index contributed by atoms with van der Waals surface area (Å²) in [5.74, 6) is 0. The molecule has 6 rings (SSSR count). The number of hydrogen-bond acceptors (Lipinski definition) is 2. The topological polar surface area (TPSA) is 24.1 Å². The standard InChI is InChI=1S/2C15H12N.Ir/c2*1-2-7-13(8-3-1)15-14-9-5-4-6-12(14)10-11-16-15;/h2*1-11,16H;. The third-order valence-corrected chi connectivity index (χ3v) is 11.4. The van der Waals surface area contributed by atoms with Crippen molar-refractivity contribution < 1.29 is 17.7 Å². The van der Waals surface area contributed by atoms with Crippen LogP contribution in [0.15, 0.2) is 122 Å². The first-order valence-corrected chi connectivity index (χ1v) is 13.5. The van der Waals surface area contributed by atoms with Crippen molar-refractivity contribution in [2.24, 2.45) is 0 Å². The average Bonchev–Trinajstić information content (AvgIpc) is 2.90.